The van der Waals surface area contributed by atoms with E-state index in [-0.39, 0.29) is 30.9 Å². The number of unbranched alkanes of at least 4 members (excludes halogenated alkanes) is 7. The van der Waals surface area contributed by atoms with Gasteiger partial charge < -0.3 is 31.8 Å². The molecule has 0 saturated heterocycles. The van der Waals surface area contributed by atoms with E-state index in [2.05, 4.69) is 32.8 Å². The van der Waals surface area contributed by atoms with Gasteiger partial charge in [-0.05, 0) is 29.7 Å². The summed E-state index contributed by atoms with van der Waals surface area (Å²) in [5.74, 6) is -2.04. The lowest BCUT2D eigenvalue weighted by Gasteiger charge is -2.25. The zero-order chi connectivity index (χ0) is 33.1. The monoisotopic (exact) mass is 632 g/mol. The molecule has 0 aliphatic heterocycles. The van der Waals surface area contributed by atoms with Crippen LogP contribution in [-0.4, -0.2) is 56.8 Å². The zero-order valence-electron chi connectivity index (χ0n) is 26.7. The van der Waals surface area contributed by atoms with Gasteiger partial charge in [0.05, 0.1) is 6.33 Å². The number of benzene rings is 2. The fraction of sp³-hybridized carbons (Fsp3) is 0.457. The average molecular weight is 633 g/mol. The highest BCUT2D eigenvalue weighted by atomic mass is 16.3. The van der Waals surface area contributed by atoms with Crippen LogP contribution in [-0.2, 0) is 38.4 Å². The Labute approximate surface area is 271 Å². The molecule has 11 nitrogen and oxygen atoms in total. The Hall–Kier alpha value is -4.67. The standard InChI is InChI=1S/C35H48N6O5/c1-2-3-4-5-6-7-8-12-15-32(43)39-31(22-27-23-37-24-38-27)35(46)41-30(21-25-13-10-9-11-14-25)34(45)40-29(33(36)44)20-26-16-18-28(42)19-17-26/h9-11,13-14,16-19,23-24,29-31,42H,2-8,12,15,20-22H2,1H3,(H2,36,44)(H,37,38)(H,39,43)(H,40,45)(H,41,46)/t29-,30-,31-/m0/s1. The van der Waals surface area contributed by atoms with Crippen LogP contribution in [0.25, 0.3) is 0 Å². The van der Waals surface area contributed by atoms with Gasteiger partial charge in [-0.3, -0.25) is 19.2 Å². The van der Waals surface area contributed by atoms with E-state index in [1.54, 1.807) is 18.3 Å². The van der Waals surface area contributed by atoms with Crippen LogP contribution in [0.2, 0.25) is 0 Å². The van der Waals surface area contributed by atoms with Crippen LogP contribution >= 0.6 is 0 Å². The second-order valence-electron chi connectivity index (χ2n) is 11.7. The minimum absolute atomic E-state index is 0.0728. The molecule has 11 heteroatoms. The topological polar surface area (TPSA) is 179 Å². The molecule has 0 bridgehead atoms. The Kier molecular flexibility index (Phi) is 15.3. The highest BCUT2D eigenvalue weighted by molar-refractivity contribution is 5.94. The van der Waals surface area contributed by atoms with Crippen LogP contribution < -0.4 is 21.7 Å². The predicted molar refractivity (Wildman–Crippen MR) is 176 cm³/mol. The number of H-pyrrole nitrogens is 1. The molecule has 4 amide bonds. The van der Waals surface area contributed by atoms with Crippen molar-refractivity contribution in [2.75, 3.05) is 0 Å². The van der Waals surface area contributed by atoms with E-state index < -0.39 is 35.8 Å². The van der Waals surface area contributed by atoms with Crippen LogP contribution in [0.4, 0.5) is 0 Å². The number of nitrogens with two attached hydrogens (primary N) is 1. The summed E-state index contributed by atoms with van der Waals surface area (Å²) in [7, 11) is 0. The number of nitrogens with one attached hydrogen (secondary N) is 4. The largest absolute Gasteiger partial charge is 0.508 e. The molecule has 3 rings (SSSR count). The Morgan fingerprint density at radius 2 is 1.30 bits per heavy atom. The molecule has 7 N–H and O–H groups in total. The van der Waals surface area contributed by atoms with Crippen molar-refractivity contribution in [3.8, 4) is 5.75 Å². The smallest absolute Gasteiger partial charge is 0.243 e. The molecule has 1 heterocycles. The predicted octanol–water partition coefficient (Wildman–Crippen LogP) is 3.61. The van der Waals surface area contributed by atoms with Crippen molar-refractivity contribution in [2.24, 2.45) is 5.73 Å². The third-order valence-electron chi connectivity index (χ3n) is 7.84. The molecular formula is C35H48N6O5. The molecule has 248 valence electrons. The number of aromatic hydroxyl groups is 1. The van der Waals surface area contributed by atoms with Gasteiger partial charge in [0.2, 0.25) is 23.6 Å². The van der Waals surface area contributed by atoms with E-state index in [9.17, 15) is 24.3 Å². The van der Waals surface area contributed by atoms with E-state index in [4.69, 9.17) is 5.73 Å². The molecule has 3 aromatic rings. The molecule has 1 aromatic heterocycles. The number of aromatic amines is 1. The fourth-order valence-corrected chi connectivity index (χ4v) is 5.21. The molecular weight excluding hydrogens is 584 g/mol. The second-order valence-corrected chi connectivity index (χ2v) is 11.7. The lowest BCUT2D eigenvalue weighted by Crippen LogP contribution is -2.57. The third kappa shape index (κ3) is 13.1. The molecule has 0 spiro atoms. The first kappa shape index (κ1) is 35.8. The number of nitrogens with zero attached hydrogens (tertiary/aromatic N) is 1. The van der Waals surface area contributed by atoms with Gasteiger partial charge in [-0.15, -0.1) is 0 Å². The molecule has 0 unspecified atom stereocenters. The SMILES string of the molecule is CCCCCCCCCCC(=O)N[C@@H](Cc1cnc[nH]1)C(=O)N[C@@H](Cc1ccccc1)C(=O)N[C@@H](Cc1ccc(O)cc1)C(N)=O. The Morgan fingerprint density at radius 1 is 0.739 bits per heavy atom. The van der Waals surface area contributed by atoms with Crippen molar-refractivity contribution in [1.82, 2.24) is 25.9 Å². The van der Waals surface area contributed by atoms with Gasteiger partial charge in [0.15, 0.2) is 0 Å². The van der Waals surface area contributed by atoms with Crippen LogP contribution in [0.5, 0.6) is 5.75 Å². The summed E-state index contributed by atoms with van der Waals surface area (Å²) in [5.41, 5.74) is 7.76. The zero-order valence-corrected chi connectivity index (χ0v) is 26.7. The van der Waals surface area contributed by atoms with Gasteiger partial charge in [0.25, 0.3) is 0 Å². The van der Waals surface area contributed by atoms with E-state index in [0.717, 1.165) is 31.2 Å². The molecule has 2 aromatic carbocycles. The van der Waals surface area contributed by atoms with Crippen molar-refractivity contribution < 1.29 is 24.3 Å². The van der Waals surface area contributed by atoms with Gasteiger partial charge in [-0.25, -0.2) is 4.98 Å². The van der Waals surface area contributed by atoms with Gasteiger partial charge >= 0.3 is 0 Å². The molecule has 3 atom stereocenters. The number of hydrogen-bond donors (Lipinski definition) is 6. The second kappa shape index (κ2) is 19.7. The van der Waals surface area contributed by atoms with Crippen molar-refractivity contribution in [3.05, 3.63) is 83.9 Å². The van der Waals surface area contributed by atoms with E-state index in [1.807, 2.05) is 30.3 Å². The van der Waals surface area contributed by atoms with Crippen molar-refractivity contribution >= 4 is 23.6 Å². The molecule has 0 aliphatic carbocycles. The number of phenols is 1. The number of phenolic OH excluding ortho intramolecular Hbond substituents is 1. The lowest BCUT2D eigenvalue weighted by atomic mass is 10.0. The van der Waals surface area contributed by atoms with E-state index in [0.29, 0.717) is 17.7 Å². The number of carbonyl (C=O) groups excluding carboxylic acids is 4. The summed E-state index contributed by atoms with van der Waals surface area (Å²) in [6.45, 7) is 2.19. The molecule has 0 saturated carbocycles. The number of rotatable bonds is 21. The summed E-state index contributed by atoms with van der Waals surface area (Å²) < 4.78 is 0. The lowest BCUT2D eigenvalue weighted by molar-refractivity contribution is -0.133. The number of hydrogen-bond acceptors (Lipinski definition) is 6. The van der Waals surface area contributed by atoms with Crippen molar-refractivity contribution in [3.63, 3.8) is 0 Å². The Morgan fingerprint density at radius 3 is 1.91 bits per heavy atom. The maximum absolute atomic E-state index is 13.7. The highest BCUT2D eigenvalue weighted by Gasteiger charge is 2.30. The molecule has 0 radical (unpaired) electrons. The Balaban J connectivity index is 1.68. The fourth-order valence-electron chi connectivity index (χ4n) is 5.21. The van der Waals surface area contributed by atoms with E-state index >= 15 is 0 Å². The summed E-state index contributed by atoms with van der Waals surface area (Å²) in [5, 5.41) is 17.9. The summed E-state index contributed by atoms with van der Waals surface area (Å²) in [6, 6.07) is 12.3. The van der Waals surface area contributed by atoms with Crippen LogP contribution in [0, 0.1) is 0 Å². The van der Waals surface area contributed by atoms with Gasteiger partial charge in [0, 0.05) is 37.6 Å². The molecule has 0 fully saturated rings. The minimum atomic E-state index is -1.06. The number of primary amides is 1. The normalized spacial score (nSPS) is 12.9. The van der Waals surface area contributed by atoms with E-state index in [1.165, 1.54) is 44.1 Å². The first-order valence-electron chi connectivity index (χ1n) is 16.2. The van der Waals surface area contributed by atoms with Crippen LogP contribution in [0.15, 0.2) is 67.1 Å². The maximum atomic E-state index is 13.7. The summed E-state index contributed by atoms with van der Waals surface area (Å²) in [6.07, 6.45) is 12.6. The molecule has 46 heavy (non-hydrogen) atoms. The average Bonchev–Trinajstić information content (AvgIpc) is 3.56. The maximum Gasteiger partial charge on any atom is 0.243 e. The minimum Gasteiger partial charge on any atom is -0.508 e. The van der Waals surface area contributed by atoms with Crippen molar-refractivity contribution in [1.29, 1.82) is 0 Å². The summed E-state index contributed by atoms with van der Waals surface area (Å²) in [4.78, 5) is 59.5. The number of aromatic nitrogens is 2. The third-order valence-corrected chi connectivity index (χ3v) is 7.84. The molecule has 0 aliphatic rings. The van der Waals surface area contributed by atoms with Crippen LogP contribution in [0.1, 0.15) is 81.5 Å². The Bertz CT molecular complexity index is 1350. The van der Waals surface area contributed by atoms with Crippen LogP contribution in [0.3, 0.4) is 0 Å². The number of imidazole rings is 1. The van der Waals surface area contributed by atoms with Gasteiger partial charge in [-0.1, -0.05) is 94.3 Å². The highest BCUT2D eigenvalue weighted by Crippen LogP contribution is 2.13. The van der Waals surface area contributed by atoms with Crippen molar-refractivity contribution in [2.45, 2.75) is 102 Å². The number of carbonyl (C=O) groups is 4. The first-order valence-corrected chi connectivity index (χ1v) is 16.2. The van der Waals surface area contributed by atoms with Gasteiger partial charge in [0.1, 0.15) is 23.9 Å². The number of amides is 4. The summed E-state index contributed by atoms with van der Waals surface area (Å²) >= 11 is 0. The van der Waals surface area contributed by atoms with Gasteiger partial charge in [-0.2, -0.15) is 0 Å². The first-order chi connectivity index (χ1) is 22.2. The quantitative estimate of drug-likeness (QED) is 0.0977.